The van der Waals surface area contributed by atoms with Gasteiger partial charge in [-0.15, -0.1) is 0 Å². The molecule has 0 bridgehead atoms. The van der Waals surface area contributed by atoms with E-state index < -0.39 is 12.2 Å². The number of carbonyl (C=O) groups is 2. The number of hydrogen-bond acceptors (Lipinski definition) is 4. The number of fused-ring (bicyclic) bond motifs is 1. The molecule has 0 fully saturated rings. The van der Waals surface area contributed by atoms with E-state index in [-0.39, 0.29) is 11.8 Å². The minimum absolute atomic E-state index is 0.0596. The van der Waals surface area contributed by atoms with Crippen LogP contribution in [-0.4, -0.2) is 42.0 Å². The Bertz CT molecular complexity index is 832. The van der Waals surface area contributed by atoms with Gasteiger partial charge in [0.1, 0.15) is 6.10 Å². The summed E-state index contributed by atoms with van der Waals surface area (Å²) in [5.41, 5.74) is 1.09. The summed E-state index contributed by atoms with van der Waals surface area (Å²) in [5.74, 6) is 0.794. The summed E-state index contributed by atoms with van der Waals surface area (Å²) in [7, 11) is 0. The van der Waals surface area contributed by atoms with Crippen molar-refractivity contribution in [2.45, 2.75) is 33.0 Å². The highest BCUT2D eigenvalue weighted by Gasteiger charge is 2.34. The predicted molar refractivity (Wildman–Crippen MR) is 103 cm³/mol. The van der Waals surface area contributed by atoms with E-state index in [1.54, 1.807) is 42.2 Å². The number of anilines is 1. The number of para-hydroxylation sites is 2. The number of benzene rings is 2. The van der Waals surface area contributed by atoms with E-state index in [1.165, 1.54) is 0 Å². The standard InChI is InChI=1S/C21H24N2O4/c1-4-23(5-2)21(25)15-9-8-10-16(13-15)22-20(24)19-14(3)26-17-11-6-7-12-18(17)27-19/h6-14,19H,4-5H2,1-3H3,(H,22,24). The van der Waals surface area contributed by atoms with Crippen LogP contribution < -0.4 is 14.8 Å². The minimum atomic E-state index is -0.776. The molecular formula is C21H24N2O4. The Balaban J connectivity index is 1.73. The molecule has 0 saturated carbocycles. The molecular weight excluding hydrogens is 344 g/mol. The summed E-state index contributed by atoms with van der Waals surface area (Å²) in [6.45, 7) is 6.94. The Kier molecular flexibility index (Phi) is 5.64. The topological polar surface area (TPSA) is 67.9 Å². The lowest BCUT2D eigenvalue weighted by atomic mass is 10.1. The van der Waals surface area contributed by atoms with Gasteiger partial charge in [0, 0.05) is 24.3 Å². The molecule has 2 unspecified atom stereocenters. The molecule has 6 nitrogen and oxygen atoms in total. The number of amides is 2. The van der Waals surface area contributed by atoms with Crippen molar-refractivity contribution in [2.24, 2.45) is 0 Å². The highest BCUT2D eigenvalue weighted by molar-refractivity contribution is 5.98. The van der Waals surface area contributed by atoms with Gasteiger partial charge in [0.25, 0.3) is 11.8 Å². The van der Waals surface area contributed by atoms with E-state index in [1.807, 2.05) is 32.0 Å². The summed E-state index contributed by atoms with van der Waals surface area (Å²) >= 11 is 0. The molecule has 1 aliphatic heterocycles. The maximum absolute atomic E-state index is 12.7. The highest BCUT2D eigenvalue weighted by atomic mass is 16.6. The molecule has 1 heterocycles. The molecule has 0 radical (unpaired) electrons. The van der Waals surface area contributed by atoms with Crippen LogP contribution in [0.3, 0.4) is 0 Å². The first-order valence-electron chi connectivity index (χ1n) is 9.16. The van der Waals surface area contributed by atoms with Crippen molar-refractivity contribution < 1.29 is 19.1 Å². The maximum atomic E-state index is 12.7. The van der Waals surface area contributed by atoms with Crippen molar-refractivity contribution in [3.8, 4) is 11.5 Å². The van der Waals surface area contributed by atoms with Crippen LogP contribution in [0.2, 0.25) is 0 Å². The molecule has 2 atom stereocenters. The normalized spacial score (nSPS) is 17.9. The van der Waals surface area contributed by atoms with Crippen molar-refractivity contribution in [3.05, 3.63) is 54.1 Å². The molecule has 6 heteroatoms. The van der Waals surface area contributed by atoms with E-state index in [0.29, 0.717) is 35.8 Å². The lowest BCUT2D eigenvalue weighted by Gasteiger charge is -2.31. The van der Waals surface area contributed by atoms with Crippen molar-refractivity contribution in [2.75, 3.05) is 18.4 Å². The predicted octanol–water partition coefficient (Wildman–Crippen LogP) is 3.34. The average molecular weight is 368 g/mol. The molecule has 2 amide bonds. The number of nitrogens with one attached hydrogen (secondary N) is 1. The zero-order chi connectivity index (χ0) is 19.4. The summed E-state index contributed by atoms with van der Waals surface area (Å²) < 4.78 is 11.6. The fourth-order valence-corrected chi connectivity index (χ4v) is 3.04. The van der Waals surface area contributed by atoms with Crippen LogP contribution in [0.15, 0.2) is 48.5 Å². The molecule has 2 aromatic carbocycles. The number of ether oxygens (including phenoxy) is 2. The van der Waals surface area contributed by atoms with Crippen LogP contribution in [0.5, 0.6) is 11.5 Å². The summed E-state index contributed by atoms with van der Waals surface area (Å²) in [4.78, 5) is 26.9. The van der Waals surface area contributed by atoms with E-state index >= 15 is 0 Å². The lowest BCUT2D eigenvalue weighted by Crippen LogP contribution is -2.46. The summed E-state index contributed by atoms with van der Waals surface area (Å²) in [6.07, 6.45) is -1.21. The SMILES string of the molecule is CCN(CC)C(=O)c1cccc(NC(=O)C2Oc3ccccc3OC2C)c1. The van der Waals surface area contributed by atoms with Crippen molar-refractivity contribution in [3.63, 3.8) is 0 Å². The third-order valence-corrected chi connectivity index (χ3v) is 4.53. The number of hydrogen-bond donors (Lipinski definition) is 1. The molecule has 0 saturated heterocycles. The van der Waals surface area contributed by atoms with Gasteiger partial charge in [-0.1, -0.05) is 18.2 Å². The quantitative estimate of drug-likeness (QED) is 0.879. The lowest BCUT2D eigenvalue weighted by molar-refractivity contribution is -0.128. The monoisotopic (exact) mass is 368 g/mol. The Labute approximate surface area is 159 Å². The first kappa shape index (κ1) is 18.8. The molecule has 27 heavy (non-hydrogen) atoms. The van der Waals surface area contributed by atoms with Gasteiger partial charge in [0.2, 0.25) is 6.10 Å². The number of nitrogens with zero attached hydrogens (tertiary/aromatic N) is 1. The van der Waals surface area contributed by atoms with Gasteiger partial charge in [-0.05, 0) is 51.1 Å². The molecule has 0 aliphatic carbocycles. The van der Waals surface area contributed by atoms with Gasteiger partial charge >= 0.3 is 0 Å². The first-order valence-corrected chi connectivity index (χ1v) is 9.16. The van der Waals surface area contributed by atoms with Gasteiger partial charge in [0.15, 0.2) is 11.5 Å². The number of rotatable bonds is 5. The van der Waals surface area contributed by atoms with Crippen molar-refractivity contribution >= 4 is 17.5 Å². The van der Waals surface area contributed by atoms with Gasteiger partial charge < -0.3 is 19.7 Å². The molecule has 0 spiro atoms. The van der Waals surface area contributed by atoms with Crippen molar-refractivity contribution in [1.29, 1.82) is 0 Å². The van der Waals surface area contributed by atoms with Crippen LogP contribution in [0.1, 0.15) is 31.1 Å². The maximum Gasteiger partial charge on any atom is 0.269 e. The van der Waals surface area contributed by atoms with E-state index in [0.717, 1.165) is 0 Å². The third kappa shape index (κ3) is 4.05. The molecule has 3 rings (SSSR count). The molecule has 142 valence electrons. The molecule has 0 aromatic heterocycles. The van der Waals surface area contributed by atoms with E-state index in [4.69, 9.17) is 9.47 Å². The van der Waals surface area contributed by atoms with Gasteiger partial charge in [-0.25, -0.2) is 0 Å². The van der Waals surface area contributed by atoms with Crippen LogP contribution in [0.25, 0.3) is 0 Å². The second-order valence-electron chi connectivity index (χ2n) is 6.36. The second-order valence-corrected chi connectivity index (χ2v) is 6.36. The Morgan fingerprint density at radius 3 is 2.33 bits per heavy atom. The zero-order valence-electron chi connectivity index (χ0n) is 15.8. The van der Waals surface area contributed by atoms with Crippen LogP contribution in [0.4, 0.5) is 5.69 Å². The van der Waals surface area contributed by atoms with Crippen LogP contribution in [0, 0.1) is 0 Å². The Hall–Kier alpha value is -3.02. The molecule has 1 aliphatic rings. The minimum Gasteiger partial charge on any atom is -0.482 e. The summed E-state index contributed by atoms with van der Waals surface area (Å²) in [5, 5.41) is 2.83. The summed E-state index contributed by atoms with van der Waals surface area (Å²) in [6, 6.07) is 14.2. The van der Waals surface area contributed by atoms with Crippen LogP contribution in [-0.2, 0) is 4.79 Å². The molecule has 2 aromatic rings. The van der Waals surface area contributed by atoms with Gasteiger partial charge in [-0.2, -0.15) is 0 Å². The number of carbonyl (C=O) groups excluding carboxylic acids is 2. The van der Waals surface area contributed by atoms with Crippen molar-refractivity contribution in [1.82, 2.24) is 4.90 Å². The second kappa shape index (κ2) is 8.12. The average Bonchev–Trinajstić information content (AvgIpc) is 2.68. The fourth-order valence-electron chi connectivity index (χ4n) is 3.04. The fraction of sp³-hybridized carbons (Fsp3) is 0.333. The van der Waals surface area contributed by atoms with E-state index in [2.05, 4.69) is 5.32 Å². The van der Waals surface area contributed by atoms with Gasteiger partial charge in [-0.3, -0.25) is 9.59 Å². The third-order valence-electron chi connectivity index (χ3n) is 4.53. The van der Waals surface area contributed by atoms with E-state index in [9.17, 15) is 9.59 Å². The smallest absolute Gasteiger partial charge is 0.269 e. The first-order chi connectivity index (χ1) is 13.0. The Morgan fingerprint density at radius 2 is 1.67 bits per heavy atom. The molecule has 1 N–H and O–H groups in total. The Morgan fingerprint density at radius 1 is 1.00 bits per heavy atom. The zero-order valence-corrected chi connectivity index (χ0v) is 15.8. The largest absolute Gasteiger partial charge is 0.482 e. The highest BCUT2D eigenvalue weighted by Crippen LogP contribution is 2.33. The van der Waals surface area contributed by atoms with Crippen LogP contribution >= 0.6 is 0 Å². The van der Waals surface area contributed by atoms with Gasteiger partial charge in [0.05, 0.1) is 0 Å².